The highest BCUT2D eigenvalue weighted by molar-refractivity contribution is 7.99. The monoisotopic (exact) mass is 302 g/mol. The van der Waals surface area contributed by atoms with Gasteiger partial charge in [-0.25, -0.2) is 4.98 Å². The molecule has 0 aliphatic heterocycles. The molecular weight excluding hydrogens is 284 g/mol. The number of nitrogen functional groups attached to an aromatic ring is 1. The highest BCUT2D eigenvalue weighted by atomic mass is 32.2. The lowest BCUT2D eigenvalue weighted by atomic mass is 10.2. The summed E-state index contributed by atoms with van der Waals surface area (Å²) in [6.07, 6.45) is 4.11. The van der Waals surface area contributed by atoms with Crippen molar-refractivity contribution < 1.29 is 4.79 Å². The van der Waals surface area contributed by atoms with Crippen molar-refractivity contribution in [1.29, 1.82) is 0 Å². The molecule has 0 radical (unpaired) electrons. The van der Waals surface area contributed by atoms with E-state index in [0.29, 0.717) is 11.4 Å². The molecule has 5 nitrogen and oxygen atoms in total. The number of anilines is 2. The van der Waals surface area contributed by atoms with Gasteiger partial charge in [0.2, 0.25) is 0 Å². The number of rotatable bonds is 5. The van der Waals surface area contributed by atoms with Crippen LogP contribution >= 0.6 is 11.8 Å². The second-order valence-electron chi connectivity index (χ2n) is 4.59. The zero-order valence-electron chi connectivity index (χ0n) is 12.1. The smallest absolute Gasteiger partial charge is 0.275 e. The summed E-state index contributed by atoms with van der Waals surface area (Å²) < 4.78 is 0. The van der Waals surface area contributed by atoms with Crippen LogP contribution in [0.25, 0.3) is 0 Å². The van der Waals surface area contributed by atoms with Crippen molar-refractivity contribution in [2.45, 2.75) is 25.2 Å². The fraction of sp³-hybridized carbons (Fsp3) is 0.267. The van der Waals surface area contributed by atoms with Crippen LogP contribution in [-0.4, -0.2) is 21.6 Å². The first-order valence-corrected chi connectivity index (χ1v) is 7.71. The molecule has 1 aromatic carbocycles. The molecule has 21 heavy (non-hydrogen) atoms. The van der Waals surface area contributed by atoms with E-state index < -0.39 is 0 Å². The van der Waals surface area contributed by atoms with Crippen LogP contribution in [0.2, 0.25) is 0 Å². The quantitative estimate of drug-likeness (QED) is 0.655. The highest BCUT2D eigenvalue weighted by Gasteiger charge is 2.10. The SMILES string of the molecule is CCCSc1ccc(N)c(NC(=O)c2cnc(C)cn2)c1. The molecule has 0 fully saturated rings. The minimum atomic E-state index is -0.313. The molecule has 2 aromatic rings. The fourth-order valence-electron chi connectivity index (χ4n) is 1.65. The van der Waals surface area contributed by atoms with Crippen LogP contribution in [0.4, 0.5) is 11.4 Å². The van der Waals surface area contributed by atoms with Crippen molar-refractivity contribution >= 4 is 29.0 Å². The van der Waals surface area contributed by atoms with E-state index in [1.807, 2.05) is 19.1 Å². The Kier molecular flexibility index (Phi) is 5.16. The molecule has 3 N–H and O–H groups in total. The van der Waals surface area contributed by atoms with E-state index in [1.165, 1.54) is 6.20 Å². The van der Waals surface area contributed by atoms with E-state index in [9.17, 15) is 4.79 Å². The van der Waals surface area contributed by atoms with Crippen molar-refractivity contribution in [2.24, 2.45) is 0 Å². The van der Waals surface area contributed by atoms with Gasteiger partial charge in [-0.15, -0.1) is 11.8 Å². The van der Waals surface area contributed by atoms with Crippen LogP contribution < -0.4 is 11.1 Å². The predicted molar refractivity (Wildman–Crippen MR) is 86.6 cm³/mol. The Bertz CT molecular complexity index is 628. The molecule has 0 spiro atoms. The molecule has 0 unspecified atom stereocenters. The third-order valence-electron chi connectivity index (χ3n) is 2.76. The summed E-state index contributed by atoms with van der Waals surface area (Å²) >= 11 is 1.73. The lowest BCUT2D eigenvalue weighted by Gasteiger charge is -2.10. The molecule has 0 bridgehead atoms. The summed E-state index contributed by atoms with van der Waals surface area (Å²) in [5.74, 6) is 0.715. The molecule has 1 heterocycles. The van der Waals surface area contributed by atoms with Crippen LogP contribution in [0, 0.1) is 6.92 Å². The third kappa shape index (κ3) is 4.19. The van der Waals surface area contributed by atoms with Gasteiger partial charge < -0.3 is 11.1 Å². The third-order valence-corrected chi connectivity index (χ3v) is 3.96. The second-order valence-corrected chi connectivity index (χ2v) is 5.76. The van der Waals surface area contributed by atoms with Crippen LogP contribution in [0.3, 0.4) is 0 Å². The maximum atomic E-state index is 12.1. The van der Waals surface area contributed by atoms with Crippen LogP contribution in [-0.2, 0) is 0 Å². The molecule has 2 rings (SSSR count). The molecule has 0 atom stereocenters. The maximum absolute atomic E-state index is 12.1. The molecule has 0 aliphatic carbocycles. The average molecular weight is 302 g/mol. The molecule has 0 aliphatic rings. The van der Waals surface area contributed by atoms with Crippen molar-refractivity contribution in [2.75, 3.05) is 16.8 Å². The van der Waals surface area contributed by atoms with Gasteiger partial charge in [0.05, 0.1) is 23.3 Å². The zero-order chi connectivity index (χ0) is 15.2. The van der Waals surface area contributed by atoms with Gasteiger partial charge in [0, 0.05) is 11.1 Å². The first kappa shape index (κ1) is 15.3. The Hall–Kier alpha value is -2.08. The molecule has 0 saturated carbocycles. The number of hydrogen-bond donors (Lipinski definition) is 2. The number of carbonyl (C=O) groups excluding carboxylic acids is 1. The number of benzene rings is 1. The Morgan fingerprint density at radius 1 is 1.33 bits per heavy atom. The lowest BCUT2D eigenvalue weighted by Crippen LogP contribution is -2.15. The number of carbonyl (C=O) groups is 1. The summed E-state index contributed by atoms with van der Waals surface area (Å²) in [4.78, 5) is 21.3. The van der Waals surface area contributed by atoms with Crippen molar-refractivity contribution in [3.63, 3.8) is 0 Å². The van der Waals surface area contributed by atoms with Gasteiger partial charge in [-0.1, -0.05) is 6.92 Å². The minimum Gasteiger partial charge on any atom is -0.397 e. The lowest BCUT2D eigenvalue weighted by molar-refractivity contribution is 0.102. The van der Waals surface area contributed by atoms with E-state index in [2.05, 4.69) is 22.2 Å². The Morgan fingerprint density at radius 3 is 2.81 bits per heavy atom. The number of thioether (sulfide) groups is 1. The van der Waals surface area contributed by atoms with Gasteiger partial charge in [-0.3, -0.25) is 9.78 Å². The summed E-state index contributed by atoms with van der Waals surface area (Å²) in [5, 5.41) is 2.78. The topological polar surface area (TPSA) is 80.9 Å². The van der Waals surface area contributed by atoms with Gasteiger partial charge in [0.15, 0.2) is 0 Å². The first-order valence-electron chi connectivity index (χ1n) is 6.72. The van der Waals surface area contributed by atoms with E-state index in [-0.39, 0.29) is 11.6 Å². The largest absolute Gasteiger partial charge is 0.397 e. The molecular formula is C15H18N4OS. The number of nitrogens with one attached hydrogen (secondary N) is 1. The van der Waals surface area contributed by atoms with Crippen molar-refractivity contribution in [1.82, 2.24) is 9.97 Å². The zero-order valence-corrected chi connectivity index (χ0v) is 12.9. The molecule has 6 heteroatoms. The summed E-state index contributed by atoms with van der Waals surface area (Å²) in [6, 6.07) is 5.64. The number of amides is 1. The van der Waals surface area contributed by atoms with Crippen molar-refractivity contribution in [3.8, 4) is 0 Å². The number of hydrogen-bond acceptors (Lipinski definition) is 5. The Morgan fingerprint density at radius 2 is 2.14 bits per heavy atom. The van der Waals surface area contributed by atoms with E-state index in [4.69, 9.17) is 5.73 Å². The molecule has 110 valence electrons. The summed E-state index contributed by atoms with van der Waals surface area (Å²) in [5.41, 5.74) is 8.08. The normalized spacial score (nSPS) is 10.4. The van der Waals surface area contributed by atoms with Gasteiger partial charge in [-0.05, 0) is 37.3 Å². The fourth-order valence-corrected chi connectivity index (χ4v) is 2.45. The summed E-state index contributed by atoms with van der Waals surface area (Å²) in [6.45, 7) is 3.95. The first-order chi connectivity index (χ1) is 10.1. The average Bonchev–Trinajstić information content (AvgIpc) is 2.48. The maximum Gasteiger partial charge on any atom is 0.275 e. The van der Waals surface area contributed by atoms with Crippen molar-refractivity contribution in [3.05, 3.63) is 42.0 Å². The van der Waals surface area contributed by atoms with Gasteiger partial charge >= 0.3 is 0 Å². The van der Waals surface area contributed by atoms with E-state index in [1.54, 1.807) is 24.0 Å². The number of nitrogens with two attached hydrogens (primary N) is 1. The molecule has 0 saturated heterocycles. The highest BCUT2D eigenvalue weighted by Crippen LogP contribution is 2.27. The van der Waals surface area contributed by atoms with Crippen LogP contribution in [0.5, 0.6) is 0 Å². The number of aryl methyl sites for hydroxylation is 1. The van der Waals surface area contributed by atoms with Crippen LogP contribution in [0.1, 0.15) is 29.5 Å². The second kappa shape index (κ2) is 7.08. The summed E-state index contributed by atoms with van der Waals surface area (Å²) in [7, 11) is 0. The van der Waals surface area contributed by atoms with Crippen LogP contribution in [0.15, 0.2) is 35.5 Å². The standard InChI is InChI=1S/C15H18N4OS/c1-3-6-21-11-4-5-12(16)13(7-11)19-15(20)14-9-17-10(2)8-18-14/h4-5,7-9H,3,6,16H2,1-2H3,(H,19,20). The van der Waals surface area contributed by atoms with E-state index >= 15 is 0 Å². The Balaban J connectivity index is 2.14. The Labute approximate surface area is 128 Å². The predicted octanol–water partition coefficient (Wildman–Crippen LogP) is 3.12. The minimum absolute atomic E-state index is 0.270. The van der Waals surface area contributed by atoms with Gasteiger partial charge in [0.1, 0.15) is 5.69 Å². The number of nitrogens with zero attached hydrogens (tertiary/aromatic N) is 2. The molecule has 1 aromatic heterocycles. The number of aromatic nitrogens is 2. The van der Waals surface area contributed by atoms with Gasteiger partial charge in [0.25, 0.3) is 5.91 Å². The van der Waals surface area contributed by atoms with E-state index in [0.717, 1.165) is 22.8 Å². The van der Waals surface area contributed by atoms with Gasteiger partial charge in [-0.2, -0.15) is 0 Å². The molecule has 1 amide bonds.